The van der Waals surface area contributed by atoms with E-state index < -0.39 is 5.82 Å². The Morgan fingerprint density at radius 3 is 2.33 bits per heavy atom. The van der Waals surface area contributed by atoms with E-state index in [0.717, 1.165) is 5.75 Å². The summed E-state index contributed by atoms with van der Waals surface area (Å²) in [5.74, 6) is 0.777. The van der Waals surface area contributed by atoms with Gasteiger partial charge >= 0.3 is 0 Å². The van der Waals surface area contributed by atoms with Crippen LogP contribution in [-0.4, -0.2) is 26.6 Å². The molecule has 0 fully saturated rings. The molecule has 0 saturated heterocycles. The Morgan fingerprint density at radius 1 is 1.00 bits per heavy atom. The molecular weight excluding hydrogens is 275 g/mol. The van der Waals surface area contributed by atoms with Gasteiger partial charge in [-0.3, -0.25) is 4.79 Å². The molecule has 0 bridgehead atoms. The van der Waals surface area contributed by atoms with E-state index in [1.165, 1.54) is 18.2 Å². The maximum absolute atomic E-state index is 13.5. The third-order valence-electron chi connectivity index (χ3n) is 2.78. The molecule has 2 rings (SSSR count). The second-order valence-electron chi connectivity index (χ2n) is 4.15. The van der Waals surface area contributed by atoms with Gasteiger partial charge in [0.05, 0.1) is 12.7 Å². The first kappa shape index (κ1) is 14.8. The number of para-hydroxylation sites is 1. The van der Waals surface area contributed by atoms with E-state index in [0.29, 0.717) is 12.0 Å². The Morgan fingerprint density at radius 2 is 1.67 bits per heavy atom. The lowest BCUT2D eigenvalue weighted by Crippen LogP contribution is -2.10. The van der Waals surface area contributed by atoms with E-state index in [4.69, 9.17) is 14.2 Å². The van der Waals surface area contributed by atoms with Gasteiger partial charge in [-0.15, -0.1) is 0 Å². The van der Waals surface area contributed by atoms with E-state index in [-0.39, 0.29) is 24.5 Å². The molecule has 0 aliphatic carbocycles. The first-order chi connectivity index (χ1) is 10.2. The van der Waals surface area contributed by atoms with Crippen LogP contribution in [0.25, 0.3) is 0 Å². The number of carbonyl (C=O) groups excluding carboxylic acids is 1. The molecule has 21 heavy (non-hydrogen) atoms. The molecule has 0 heterocycles. The third-order valence-corrected chi connectivity index (χ3v) is 2.78. The van der Waals surface area contributed by atoms with E-state index in [2.05, 4.69) is 0 Å². The number of hydrogen-bond donors (Lipinski definition) is 0. The molecule has 0 saturated carbocycles. The number of benzene rings is 2. The summed E-state index contributed by atoms with van der Waals surface area (Å²) in [6, 6.07) is 11.3. The van der Waals surface area contributed by atoms with Crippen LogP contribution in [0.5, 0.6) is 17.2 Å². The Balaban J connectivity index is 1.85. The number of methoxy groups -OCH3 is 1. The number of hydrogen-bond acceptors (Lipinski definition) is 4. The molecule has 110 valence electrons. The first-order valence-corrected chi connectivity index (χ1v) is 6.38. The number of ether oxygens (including phenoxy) is 3. The van der Waals surface area contributed by atoms with Gasteiger partial charge in [-0.1, -0.05) is 6.07 Å². The summed E-state index contributed by atoms with van der Waals surface area (Å²) in [6.45, 7) is 0.368. The lowest BCUT2D eigenvalue weighted by molar-refractivity contribution is 0.111. The fourth-order valence-electron chi connectivity index (χ4n) is 1.75. The molecule has 0 amide bonds. The van der Waals surface area contributed by atoms with Crippen LogP contribution >= 0.6 is 0 Å². The summed E-state index contributed by atoms with van der Waals surface area (Å²) in [6.07, 6.45) is 0.558. The minimum absolute atomic E-state index is 0.0502. The van der Waals surface area contributed by atoms with Gasteiger partial charge in [-0.05, 0) is 36.4 Å². The number of aldehydes is 1. The van der Waals surface area contributed by atoms with E-state index in [1.807, 2.05) is 0 Å². The van der Waals surface area contributed by atoms with E-state index in [1.54, 1.807) is 31.4 Å². The van der Waals surface area contributed by atoms with Crippen LogP contribution in [0.3, 0.4) is 0 Å². The average molecular weight is 290 g/mol. The average Bonchev–Trinajstić information content (AvgIpc) is 2.53. The van der Waals surface area contributed by atoms with Gasteiger partial charge < -0.3 is 14.2 Å². The minimum atomic E-state index is -0.566. The molecule has 2 aromatic carbocycles. The van der Waals surface area contributed by atoms with Gasteiger partial charge in [-0.25, -0.2) is 4.39 Å². The van der Waals surface area contributed by atoms with Gasteiger partial charge in [0, 0.05) is 0 Å². The zero-order chi connectivity index (χ0) is 15.1. The van der Waals surface area contributed by atoms with Crippen molar-refractivity contribution in [3.05, 3.63) is 53.8 Å². The predicted octanol–water partition coefficient (Wildman–Crippen LogP) is 3.10. The lowest BCUT2D eigenvalue weighted by atomic mass is 10.2. The molecule has 0 atom stereocenters. The van der Waals surface area contributed by atoms with Crippen LogP contribution in [0.4, 0.5) is 4.39 Å². The largest absolute Gasteiger partial charge is 0.497 e. The number of carbonyl (C=O) groups is 1. The quantitative estimate of drug-likeness (QED) is 0.580. The number of rotatable bonds is 7. The van der Waals surface area contributed by atoms with Crippen LogP contribution in [0.15, 0.2) is 42.5 Å². The Labute approximate surface area is 122 Å². The van der Waals surface area contributed by atoms with Crippen molar-refractivity contribution in [1.29, 1.82) is 0 Å². The predicted molar refractivity (Wildman–Crippen MR) is 75.8 cm³/mol. The minimum Gasteiger partial charge on any atom is -0.497 e. The van der Waals surface area contributed by atoms with Gasteiger partial charge in [0.1, 0.15) is 24.7 Å². The molecule has 4 nitrogen and oxygen atoms in total. The van der Waals surface area contributed by atoms with Crippen LogP contribution in [0.2, 0.25) is 0 Å². The monoisotopic (exact) mass is 290 g/mol. The molecule has 0 N–H and O–H groups in total. The van der Waals surface area contributed by atoms with Crippen molar-refractivity contribution in [2.75, 3.05) is 20.3 Å². The highest BCUT2D eigenvalue weighted by Crippen LogP contribution is 2.21. The molecule has 0 radical (unpaired) electrons. The highest BCUT2D eigenvalue weighted by Gasteiger charge is 2.08. The maximum Gasteiger partial charge on any atom is 0.165 e. The molecular formula is C16H15FO4. The Bertz CT molecular complexity index is 596. The van der Waals surface area contributed by atoms with Crippen LogP contribution in [-0.2, 0) is 0 Å². The second-order valence-corrected chi connectivity index (χ2v) is 4.15. The summed E-state index contributed by atoms with van der Waals surface area (Å²) >= 11 is 0. The summed E-state index contributed by atoms with van der Waals surface area (Å²) in [7, 11) is 1.59. The molecule has 0 unspecified atom stereocenters. The van der Waals surface area contributed by atoms with Crippen molar-refractivity contribution < 1.29 is 23.4 Å². The molecule has 0 aromatic heterocycles. The normalized spacial score (nSPS) is 10.0. The van der Waals surface area contributed by atoms with Gasteiger partial charge in [0.2, 0.25) is 0 Å². The van der Waals surface area contributed by atoms with Crippen LogP contribution in [0, 0.1) is 5.82 Å². The summed E-state index contributed by atoms with van der Waals surface area (Å²) in [4.78, 5) is 10.8. The van der Waals surface area contributed by atoms with E-state index >= 15 is 0 Å². The fourth-order valence-corrected chi connectivity index (χ4v) is 1.75. The molecule has 5 heteroatoms. The highest BCUT2D eigenvalue weighted by molar-refractivity contribution is 5.79. The van der Waals surface area contributed by atoms with Gasteiger partial charge in [0.15, 0.2) is 17.9 Å². The van der Waals surface area contributed by atoms with Gasteiger partial charge in [0.25, 0.3) is 0 Å². The van der Waals surface area contributed by atoms with Crippen molar-refractivity contribution in [1.82, 2.24) is 0 Å². The second kappa shape index (κ2) is 7.28. The van der Waals surface area contributed by atoms with Crippen LogP contribution in [0.1, 0.15) is 10.4 Å². The van der Waals surface area contributed by atoms with Gasteiger partial charge in [-0.2, -0.15) is 0 Å². The topological polar surface area (TPSA) is 44.8 Å². The summed E-state index contributed by atoms with van der Waals surface area (Å²) < 4.78 is 29.3. The van der Waals surface area contributed by atoms with Crippen molar-refractivity contribution in [2.45, 2.75) is 0 Å². The van der Waals surface area contributed by atoms with Crippen LogP contribution < -0.4 is 14.2 Å². The smallest absolute Gasteiger partial charge is 0.165 e. The summed E-state index contributed by atoms with van der Waals surface area (Å²) in [5.41, 5.74) is 0.180. The van der Waals surface area contributed by atoms with Crippen molar-refractivity contribution in [3.63, 3.8) is 0 Å². The molecule has 0 aliphatic rings. The molecule has 0 aliphatic heterocycles. The SMILES string of the molecule is COc1ccc(OCCOc2c(F)cccc2C=O)cc1. The molecule has 2 aromatic rings. The highest BCUT2D eigenvalue weighted by atomic mass is 19.1. The third kappa shape index (κ3) is 3.95. The van der Waals surface area contributed by atoms with E-state index in [9.17, 15) is 9.18 Å². The first-order valence-electron chi connectivity index (χ1n) is 6.38. The van der Waals surface area contributed by atoms with Crippen molar-refractivity contribution in [2.24, 2.45) is 0 Å². The Kier molecular flexibility index (Phi) is 5.15. The summed E-state index contributed by atoms with van der Waals surface area (Å²) in [5, 5.41) is 0. The lowest BCUT2D eigenvalue weighted by Gasteiger charge is -2.10. The number of halogens is 1. The standard InChI is InChI=1S/C16H15FO4/c1-19-13-5-7-14(8-6-13)20-9-10-21-16-12(11-18)3-2-4-15(16)17/h2-8,11H,9-10H2,1H3. The van der Waals surface area contributed by atoms with Crippen molar-refractivity contribution >= 4 is 6.29 Å². The Hall–Kier alpha value is -2.56. The maximum atomic E-state index is 13.5. The van der Waals surface area contributed by atoms with Crippen molar-refractivity contribution in [3.8, 4) is 17.2 Å². The fraction of sp³-hybridized carbons (Fsp3) is 0.188. The zero-order valence-corrected chi connectivity index (χ0v) is 11.5. The molecule has 0 spiro atoms. The zero-order valence-electron chi connectivity index (χ0n) is 11.5.